The minimum atomic E-state index is -0.246. The molecule has 0 atom stereocenters. The summed E-state index contributed by atoms with van der Waals surface area (Å²) in [6, 6.07) is 61.3. The summed E-state index contributed by atoms with van der Waals surface area (Å²) >= 11 is 0. The van der Waals surface area contributed by atoms with Gasteiger partial charge in [-0.25, -0.2) is 4.39 Å². The third-order valence-electron chi connectivity index (χ3n) is 9.96. The van der Waals surface area contributed by atoms with Crippen LogP contribution in [0.2, 0.25) is 0 Å². The Hall–Kier alpha value is -6.91. The summed E-state index contributed by atoms with van der Waals surface area (Å²) in [6.07, 6.45) is 0. The van der Waals surface area contributed by atoms with Crippen LogP contribution in [-0.2, 0) is 0 Å². The molecule has 10 aromatic rings. The lowest BCUT2D eigenvalue weighted by Crippen LogP contribution is -2.10. The highest BCUT2D eigenvalue weighted by atomic mass is 19.1. The van der Waals surface area contributed by atoms with Crippen molar-refractivity contribution in [1.29, 1.82) is 0 Å². The molecule has 0 bridgehead atoms. The van der Waals surface area contributed by atoms with Crippen molar-refractivity contribution in [3.05, 3.63) is 188 Å². The Kier molecular flexibility index (Phi) is 7.00. The van der Waals surface area contributed by atoms with Crippen molar-refractivity contribution in [2.24, 2.45) is 0 Å². The van der Waals surface area contributed by atoms with Gasteiger partial charge in [-0.3, -0.25) is 0 Å². The van der Waals surface area contributed by atoms with E-state index in [9.17, 15) is 4.39 Å². The normalized spacial score (nSPS) is 11.6. The molecule has 2 heterocycles. The summed E-state index contributed by atoms with van der Waals surface area (Å²) in [5.41, 5.74) is 12.7. The van der Waals surface area contributed by atoms with Crippen LogP contribution in [0.1, 0.15) is 0 Å². The van der Waals surface area contributed by atoms with Gasteiger partial charge in [-0.15, -0.1) is 0 Å². The van der Waals surface area contributed by atoms with Crippen molar-refractivity contribution in [3.63, 3.8) is 0 Å². The number of anilines is 3. The summed E-state index contributed by atoms with van der Waals surface area (Å²) < 4.78 is 26.5. The number of benzene rings is 8. The molecule has 0 unspecified atom stereocenters. The van der Waals surface area contributed by atoms with Crippen molar-refractivity contribution in [3.8, 4) is 33.4 Å². The summed E-state index contributed by atoms with van der Waals surface area (Å²) in [5, 5.41) is 4.43. The summed E-state index contributed by atoms with van der Waals surface area (Å²) in [6.45, 7) is 0. The van der Waals surface area contributed by atoms with Crippen molar-refractivity contribution < 1.29 is 13.2 Å². The van der Waals surface area contributed by atoms with E-state index >= 15 is 0 Å². The van der Waals surface area contributed by atoms with Crippen LogP contribution in [-0.4, -0.2) is 0 Å². The highest BCUT2D eigenvalue weighted by Gasteiger charge is 2.18. The molecule has 0 spiro atoms. The first kappa shape index (κ1) is 30.0. The first-order valence-electron chi connectivity index (χ1n) is 17.4. The molecule has 0 aliphatic rings. The van der Waals surface area contributed by atoms with E-state index in [-0.39, 0.29) is 5.82 Å². The fourth-order valence-corrected chi connectivity index (χ4v) is 7.44. The Morgan fingerprint density at radius 3 is 1.38 bits per heavy atom. The molecule has 0 radical (unpaired) electrons. The molecule has 52 heavy (non-hydrogen) atoms. The van der Waals surface area contributed by atoms with Gasteiger partial charge < -0.3 is 13.7 Å². The minimum Gasteiger partial charge on any atom is -0.455 e. The van der Waals surface area contributed by atoms with Gasteiger partial charge in [-0.1, -0.05) is 121 Å². The maximum Gasteiger partial charge on any atom is 0.143 e. The summed E-state index contributed by atoms with van der Waals surface area (Å²) in [4.78, 5) is 2.27. The van der Waals surface area contributed by atoms with Gasteiger partial charge in [0.1, 0.15) is 28.1 Å². The zero-order chi connectivity index (χ0) is 34.6. The van der Waals surface area contributed by atoms with Crippen LogP contribution in [0.3, 0.4) is 0 Å². The quantitative estimate of drug-likeness (QED) is 0.176. The fraction of sp³-hybridized carbons (Fsp3) is 0. The van der Waals surface area contributed by atoms with Gasteiger partial charge in [-0.2, -0.15) is 0 Å². The molecule has 0 aliphatic carbocycles. The Bertz CT molecular complexity index is 2900. The van der Waals surface area contributed by atoms with Crippen LogP contribution in [0.25, 0.3) is 77.3 Å². The van der Waals surface area contributed by atoms with Crippen LogP contribution in [0.5, 0.6) is 0 Å². The van der Waals surface area contributed by atoms with Gasteiger partial charge in [0, 0.05) is 49.7 Å². The van der Waals surface area contributed by atoms with E-state index in [0.29, 0.717) is 0 Å². The standard InChI is InChI=1S/C48H30FNO2/c49-35-24-18-31(19-25-35)32-20-26-36(27-21-32)50(37-28-22-33(23-29-37)39-12-6-14-43-41-10-1-3-16-45(41)51-47(39)43)38-9-5-8-34(30-38)40-13-7-15-44-42-11-2-4-17-46(42)52-48(40)44/h1-30H. The van der Waals surface area contributed by atoms with Crippen molar-refractivity contribution in [2.45, 2.75) is 0 Å². The van der Waals surface area contributed by atoms with Crippen LogP contribution >= 0.6 is 0 Å². The number of rotatable bonds is 6. The molecule has 0 saturated carbocycles. The second-order valence-corrected chi connectivity index (χ2v) is 13.0. The molecule has 0 fully saturated rings. The van der Waals surface area contributed by atoms with Crippen LogP contribution in [0, 0.1) is 5.82 Å². The molecular formula is C48H30FNO2. The lowest BCUT2D eigenvalue weighted by molar-refractivity contribution is 0.628. The molecular weight excluding hydrogens is 642 g/mol. The minimum absolute atomic E-state index is 0.246. The molecule has 8 aromatic carbocycles. The predicted molar refractivity (Wildman–Crippen MR) is 212 cm³/mol. The highest BCUT2D eigenvalue weighted by Crippen LogP contribution is 2.42. The molecule has 0 amide bonds. The smallest absolute Gasteiger partial charge is 0.143 e. The van der Waals surface area contributed by atoms with E-state index in [1.165, 1.54) is 12.1 Å². The van der Waals surface area contributed by atoms with Crippen molar-refractivity contribution >= 4 is 60.9 Å². The average molecular weight is 672 g/mol. The summed E-state index contributed by atoms with van der Waals surface area (Å²) in [5.74, 6) is -0.246. The molecule has 0 saturated heterocycles. The van der Waals surface area contributed by atoms with Gasteiger partial charge >= 0.3 is 0 Å². The molecule has 0 aliphatic heterocycles. The van der Waals surface area contributed by atoms with Crippen molar-refractivity contribution in [2.75, 3.05) is 4.90 Å². The molecule has 10 rings (SSSR count). The van der Waals surface area contributed by atoms with Gasteiger partial charge in [0.15, 0.2) is 0 Å². The zero-order valence-electron chi connectivity index (χ0n) is 28.0. The SMILES string of the molecule is Fc1ccc(-c2ccc(N(c3ccc(-c4cccc5c4oc4ccccc45)cc3)c3cccc(-c4cccc5c4oc4ccccc45)c3)cc2)cc1. The first-order valence-corrected chi connectivity index (χ1v) is 17.4. The van der Waals surface area contributed by atoms with Crippen LogP contribution in [0.15, 0.2) is 191 Å². The van der Waals surface area contributed by atoms with E-state index in [1.54, 1.807) is 0 Å². The average Bonchev–Trinajstić information content (AvgIpc) is 3.78. The maximum atomic E-state index is 13.7. The van der Waals surface area contributed by atoms with Crippen molar-refractivity contribution in [1.82, 2.24) is 0 Å². The number of furan rings is 2. The Morgan fingerprint density at radius 2 is 0.808 bits per heavy atom. The number of halogens is 1. The number of para-hydroxylation sites is 4. The lowest BCUT2D eigenvalue weighted by Gasteiger charge is -2.26. The Morgan fingerprint density at radius 1 is 0.346 bits per heavy atom. The molecule has 2 aromatic heterocycles. The maximum absolute atomic E-state index is 13.7. The van der Waals surface area contributed by atoms with Gasteiger partial charge in [0.2, 0.25) is 0 Å². The third kappa shape index (κ3) is 5.04. The van der Waals surface area contributed by atoms with Crippen LogP contribution < -0.4 is 4.90 Å². The monoisotopic (exact) mass is 671 g/mol. The molecule has 246 valence electrons. The molecule has 4 heteroatoms. The first-order chi connectivity index (χ1) is 25.7. The van der Waals surface area contributed by atoms with E-state index in [1.807, 2.05) is 48.5 Å². The zero-order valence-corrected chi connectivity index (χ0v) is 28.0. The number of hydrogen-bond acceptors (Lipinski definition) is 3. The van der Waals surface area contributed by atoms with Crippen LogP contribution in [0.4, 0.5) is 21.5 Å². The molecule has 0 N–H and O–H groups in total. The second kappa shape index (κ2) is 12.1. The van der Waals surface area contributed by atoms with E-state index in [0.717, 1.165) is 94.3 Å². The topological polar surface area (TPSA) is 29.5 Å². The van der Waals surface area contributed by atoms with E-state index < -0.39 is 0 Å². The second-order valence-electron chi connectivity index (χ2n) is 13.0. The van der Waals surface area contributed by atoms with Gasteiger partial charge in [0.25, 0.3) is 0 Å². The van der Waals surface area contributed by atoms with E-state index in [4.69, 9.17) is 8.83 Å². The number of nitrogens with zero attached hydrogens (tertiary/aromatic N) is 1. The van der Waals surface area contributed by atoms with E-state index in [2.05, 4.69) is 126 Å². The highest BCUT2D eigenvalue weighted by molar-refractivity contribution is 6.10. The number of hydrogen-bond donors (Lipinski definition) is 0. The molecule has 3 nitrogen and oxygen atoms in total. The number of fused-ring (bicyclic) bond motifs is 6. The lowest BCUT2D eigenvalue weighted by atomic mass is 10.00. The third-order valence-corrected chi connectivity index (χ3v) is 9.96. The Labute approximate surface area is 299 Å². The van der Waals surface area contributed by atoms with Gasteiger partial charge in [-0.05, 0) is 82.9 Å². The fourth-order valence-electron chi connectivity index (χ4n) is 7.44. The summed E-state index contributed by atoms with van der Waals surface area (Å²) in [7, 11) is 0. The van der Waals surface area contributed by atoms with Gasteiger partial charge in [0.05, 0.1) is 0 Å². The largest absolute Gasteiger partial charge is 0.455 e. The Balaban J connectivity index is 1.09. The predicted octanol–water partition coefficient (Wildman–Crippen LogP) is 14.1.